The zero-order valence-corrected chi connectivity index (χ0v) is 8.70. The van der Waals surface area contributed by atoms with Gasteiger partial charge in [-0.2, -0.15) is 10.2 Å². The van der Waals surface area contributed by atoms with Crippen molar-refractivity contribution in [3.05, 3.63) is 47.8 Å². The molecule has 0 spiro atoms. The number of fused-ring (bicyclic) bond motifs is 2. The number of hydrogen-bond donors (Lipinski definition) is 0. The van der Waals surface area contributed by atoms with Crippen molar-refractivity contribution >= 4 is 12.4 Å². The number of benzene rings is 1. The maximum atomic E-state index is 5.67. The minimum absolute atomic E-state index is 0. The molecule has 2 heterocycles. The maximum absolute atomic E-state index is 5.67. The third-order valence-corrected chi connectivity index (χ3v) is 2.31. The number of rotatable bonds is 0. The molecule has 0 fully saturated rings. The molecule has 0 atom stereocenters. The Bertz CT molecular complexity index is 400. The summed E-state index contributed by atoms with van der Waals surface area (Å²) in [7, 11) is 0. The predicted molar refractivity (Wildman–Crippen MR) is 58.6 cm³/mol. The molecule has 1 aliphatic rings. The van der Waals surface area contributed by atoms with E-state index in [0.29, 0.717) is 0 Å². The van der Waals surface area contributed by atoms with Crippen LogP contribution in [0.1, 0.15) is 11.3 Å². The average molecular weight is 221 g/mol. The van der Waals surface area contributed by atoms with Crippen LogP contribution in [0.25, 0.3) is 0 Å². The predicted octanol–water partition coefficient (Wildman–Crippen LogP) is 2.59. The van der Waals surface area contributed by atoms with Gasteiger partial charge in [-0.05, 0) is 6.07 Å². The van der Waals surface area contributed by atoms with Crippen molar-refractivity contribution in [3.63, 3.8) is 0 Å². The molecule has 1 aliphatic heterocycles. The Hall–Kier alpha value is -1.61. The quantitative estimate of drug-likeness (QED) is 0.584. The van der Waals surface area contributed by atoms with Gasteiger partial charge in [-0.25, -0.2) is 0 Å². The van der Waals surface area contributed by atoms with Crippen molar-refractivity contribution in [3.8, 4) is 11.5 Å². The van der Waals surface area contributed by atoms with Crippen LogP contribution < -0.4 is 4.74 Å². The van der Waals surface area contributed by atoms with Crippen molar-refractivity contribution in [1.82, 2.24) is 10.2 Å². The number of hydrogen-bond acceptors (Lipinski definition) is 3. The van der Waals surface area contributed by atoms with Crippen LogP contribution in [-0.2, 0) is 6.42 Å². The van der Waals surface area contributed by atoms with E-state index in [-0.39, 0.29) is 12.4 Å². The van der Waals surface area contributed by atoms with E-state index in [1.807, 2.05) is 30.3 Å². The second-order valence-electron chi connectivity index (χ2n) is 3.23. The van der Waals surface area contributed by atoms with Gasteiger partial charge >= 0.3 is 0 Å². The van der Waals surface area contributed by atoms with Crippen molar-refractivity contribution in [1.29, 1.82) is 0 Å². The van der Waals surface area contributed by atoms with Gasteiger partial charge in [0.05, 0.1) is 6.20 Å². The molecule has 1 aromatic heterocycles. The summed E-state index contributed by atoms with van der Waals surface area (Å²) in [5.74, 6) is 1.74. The molecule has 3 nitrogen and oxygen atoms in total. The SMILES string of the molecule is Cl.c1ccc2c(c1)Cc1nnccc1O2. The summed E-state index contributed by atoms with van der Waals surface area (Å²) in [6, 6.07) is 9.84. The molecule has 3 rings (SSSR count). The summed E-state index contributed by atoms with van der Waals surface area (Å²) in [4.78, 5) is 0. The number of para-hydroxylation sites is 1. The molecule has 2 aromatic rings. The topological polar surface area (TPSA) is 35.0 Å². The van der Waals surface area contributed by atoms with Crippen LogP contribution in [0.3, 0.4) is 0 Å². The summed E-state index contributed by atoms with van der Waals surface area (Å²) < 4.78 is 5.67. The van der Waals surface area contributed by atoms with Crippen LogP contribution in [0, 0.1) is 0 Å². The van der Waals surface area contributed by atoms with Gasteiger partial charge in [0.15, 0.2) is 5.75 Å². The van der Waals surface area contributed by atoms with E-state index in [4.69, 9.17) is 4.74 Å². The summed E-state index contributed by atoms with van der Waals surface area (Å²) >= 11 is 0. The van der Waals surface area contributed by atoms with E-state index in [2.05, 4.69) is 10.2 Å². The number of aromatic nitrogens is 2. The van der Waals surface area contributed by atoms with E-state index >= 15 is 0 Å². The van der Waals surface area contributed by atoms with Crippen molar-refractivity contribution in [2.75, 3.05) is 0 Å². The van der Waals surface area contributed by atoms with Crippen LogP contribution in [0.4, 0.5) is 0 Å². The van der Waals surface area contributed by atoms with Gasteiger partial charge in [0, 0.05) is 18.1 Å². The lowest BCUT2D eigenvalue weighted by molar-refractivity contribution is 0.452. The molecule has 0 N–H and O–H groups in total. The first-order chi connectivity index (χ1) is 6.93. The van der Waals surface area contributed by atoms with E-state index in [9.17, 15) is 0 Å². The molecule has 76 valence electrons. The van der Waals surface area contributed by atoms with E-state index in [1.54, 1.807) is 6.20 Å². The standard InChI is InChI=1S/C11H8N2O.ClH/c1-2-4-10-8(3-1)7-9-11(14-10)5-6-12-13-9;/h1-6H,7H2;1H. The first-order valence-electron chi connectivity index (χ1n) is 4.50. The lowest BCUT2D eigenvalue weighted by Crippen LogP contribution is -2.05. The Morgan fingerprint density at radius 3 is 2.87 bits per heavy atom. The summed E-state index contributed by atoms with van der Waals surface area (Å²) in [5.41, 5.74) is 2.08. The van der Waals surface area contributed by atoms with Crippen LogP contribution in [-0.4, -0.2) is 10.2 Å². The second-order valence-corrected chi connectivity index (χ2v) is 3.23. The van der Waals surface area contributed by atoms with Crippen molar-refractivity contribution in [2.45, 2.75) is 6.42 Å². The van der Waals surface area contributed by atoms with Gasteiger partial charge in [-0.1, -0.05) is 18.2 Å². The van der Waals surface area contributed by atoms with Gasteiger partial charge in [0.2, 0.25) is 0 Å². The highest BCUT2D eigenvalue weighted by atomic mass is 35.5. The van der Waals surface area contributed by atoms with Gasteiger partial charge in [-0.3, -0.25) is 0 Å². The third-order valence-electron chi connectivity index (χ3n) is 2.31. The Morgan fingerprint density at radius 1 is 1.07 bits per heavy atom. The molecule has 0 bridgehead atoms. The lowest BCUT2D eigenvalue weighted by atomic mass is 10.1. The number of nitrogens with zero attached hydrogens (tertiary/aromatic N) is 2. The Balaban J connectivity index is 0.000000853. The Labute approximate surface area is 93.5 Å². The lowest BCUT2D eigenvalue weighted by Gasteiger charge is -2.17. The minimum Gasteiger partial charge on any atom is -0.455 e. The fraction of sp³-hybridized carbons (Fsp3) is 0.0909. The van der Waals surface area contributed by atoms with Crippen molar-refractivity contribution < 1.29 is 4.74 Å². The molecular weight excluding hydrogens is 212 g/mol. The van der Waals surface area contributed by atoms with Crippen molar-refractivity contribution in [2.24, 2.45) is 0 Å². The highest BCUT2D eigenvalue weighted by molar-refractivity contribution is 5.85. The highest BCUT2D eigenvalue weighted by Crippen LogP contribution is 2.34. The molecule has 4 heteroatoms. The fourth-order valence-corrected chi connectivity index (χ4v) is 1.61. The average Bonchev–Trinajstić information content (AvgIpc) is 2.26. The smallest absolute Gasteiger partial charge is 0.152 e. The maximum Gasteiger partial charge on any atom is 0.152 e. The minimum atomic E-state index is 0. The second kappa shape index (κ2) is 3.87. The molecule has 0 radical (unpaired) electrons. The first-order valence-corrected chi connectivity index (χ1v) is 4.50. The van der Waals surface area contributed by atoms with Crippen LogP contribution in [0.5, 0.6) is 11.5 Å². The first kappa shape index (κ1) is 9.93. The third kappa shape index (κ3) is 1.66. The summed E-state index contributed by atoms with van der Waals surface area (Å²) in [5, 5.41) is 7.88. The number of halogens is 1. The molecule has 1 aromatic carbocycles. The van der Waals surface area contributed by atoms with Crippen LogP contribution in [0.15, 0.2) is 36.5 Å². The molecular formula is C11H9ClN2O. The fourth-order valence-electron chi connectivity index (χ4n) is 1.61. The van der Waals surface area contributed by atoms with Gasteiger partial charge in [0.25, 0.3) is 0 Å². The van der Waals surface area contributed by atoms with Gasteiger partial charge < -0.3 is 4.74 Å². The molecule has 0 aliphatic carbocycles. The number of ether oxygens (including phenoxy) is 1. The highest BCUT2D eigenvalue weighted by Gasteiger charge is 2.16. The zero-order valence-electron chi connectivity index (χ0n) is 7.88. The molecule has 15 heavy (non-hydrogen) atoms. The Kier molecular flexibility index (Phi) is 2.56. The molecule has 0 saturated heterocycles. The molecule has 0 amide bonds. The van der Waals surface area contributed by atoms with Gasteiger partial charge in [0.1, 0.15) is 11.4 Å². The van der Waals surface area contributed by atoms with E-state index < -0.39 is 0 Å². The Morgan fingerprint density at radius 2 is 1.93 bits per heavy atom. The largest absolute Gasteiger partial charge is 0.455 e. The normalized spacial score (nSPS) is 11.7. The monoisotopic (exact) mass is 220 g/mol. The van der Waals surface area contributed by atoms with E-state index in [1.165, 1.54) is 5.56 Å². The summed E-state index contributed by atoms with van der Waals surface area (Å²) in [6.45, 7) is 0. The molecule has 0 unspecified atom stereocenters. The summed E-state index contributed by atoms with van der Waals surface area (Å²) in [6.07, 6.45) is 2.45. The zero-order chi connectivity index (χ0) is 9.38. The van der Waals surface area contributed by atoms with Crippen LogP contribution >= 0.6 is 12.4 Å². The molecule has 0 saturated carbocycles. The van der Waals surface area contributed by atoms with Crippen LogP contribution in [0.2, 0.25) is 0 Å². The van der Waals surface area contributed by atoms with Gasteiger partial charge in [-0.15, -0.1) is 12.4 Å². The van der Waals surface area contributed by atoms with E-state index in [0.717, 1.165) is 23.6 Å².